The van der Waals surface area contributed by atoms with Gasteiger partial charge in [-0.1, -0.05) is 30.0 Å². The SMILES string of the molecule is COc1ccc(C=C2SC(=S)NC2=O)cc1S(=O)(=O)O. The molecule has 0 aromatic heterocycles. The highest BCUT2D eigenvalue weighted by Gasteiger charge is 2.23. The van der Waals surface area contributed by atoms with Gasteiger partial charge in [0.2, 0.25) is 0 Å². The molecule has 0 atom stereocenters. The molecule has 6 nitrogen and oxygen atoms in total. The Balaban J connectivity index is 2.48. The van der Waals surface area contributed by atoms with Crippen molar-refractivity contribution in [2.75, 3.05) is 7.11 Å². The van der Waals surface area contributed by atoms with Crippen molar-refractivity contribution in [3.63, 3.8) is 0 Å². The van der Waals surface area contributed by atoms with Crippen molar-refractivity contribution in [2.45, 2.75) is 4.90 Å². The molecular formula is C11H9NO5S3. The first kappa shape index (κ1) is 15.0. The lowest BCUT2D eigenvalue weighted by molar-refractivity contribution is -0.115. The van der Waals surface area contributed by atoms with Gasteiger partial charge in [-0.3, -0.25) is 9.35 Å². The predicted molar refractivity (Wildman–Crippen MR) is 79.1 cm³/mol. The normalized spacial score (nSPS) is 17.4. The first-order valence-electron chi connectivity index (χ1n) is 5.21. The van der Waals surface area contributed by atoms with Crippen molar-refractivity contribution in [1.82, 2.24) is 5.32 Å². The summed E-state index contributed by atoms with van der Waals surface area (Å²) >= 11 is 5.93. The summed E-state index contributed by atoms with van der Waals surface area (Å²) in [4.78, 5) is 11.5. The van der Waals surface area contributed by atoms with Crippen molar-refractivity contribution in [3.05, 3.63) is 28.7 Å². The average Bonchev–Trinajstić information content (AvgIpc) is 2.66. The van der Waals surface area contributed by atoms with Crippen LogP contribution in [0.2, 0.25) is 0 Å². The van der Waals surface area contributed by atoms with E-state index in [0.717, 1.165) is 11.8 Å². The molecule has 1 aliphatic heterocycles. The first-order chi connectivity index (χ1) is 9.31. The predicted octanol–water partition coefficient (Wildman–Crippen LogP) is 1.43. The highest BCUT2D eigenvalue weighted by atomic mass is 32.2. The third-order valence-corrected chi connectivity index (χ3v) is 4.44. The van der Waals surface area contributed by atoms with Crippen LogP contribution in [0.15, 0.2) is 28.0 Å². The van der Waals surface area contributed by atoms with Crippen LogP contribution < -0.4 is 10.1 Å². The molecule has 20 heavy (non-hydrogen) atoms. The van der Waals surface area contributed by atoms with E-state index in [2.05, 4.69) is 5.32 Å². The molecule has 0 bridgehead atoms. The summed E-state index contributed by atoms with van der Waals surface area (Å²) in [7, 11) is -3.12. The number of benzene rings is 1. The van der Waals surface area contributed by atoms with E-state index in [1.54, 1.807) is 6.07 Å². The average molecular weight is 331 g/mol. The van der Waals surface area contributed by atoms with Crippen molar-refractivity contribution in [2.24, 2.45) is 0 Å². The minimum Gasteiger partial charge on any atom is -0.495 e. The van der Waals surface area contributed by atoms with Gasteiger partial charge in [0.25, 0.3) is 16.0 Å². The third-order valence-electron chi connectivity index (χ3n) is 2.41. The van der Waals surface area contributed by atoms with Gasteiger partial charge in [0.1, 0.15) is 15.0 Å². The summed E-state index contributed by atoms with van der Waals surface area (Å²) in [5.74, 6) is -0.321. The molecule has 0 aliphatic carbocycles. The lowest BCUT2D eigenvalue weighted by Crippen LogP contribution is -2.17. The highest BCUT2D eigenvalue weighted by molar-refractivity contribution is 8.26. The first-order valence-corrected chi connectivity index (χ1v) is 7.88. The Morgan fingerprint density at radius 3 is 2.65 bits per heavy atom. The Hall–Kier alpha value is -1.42. The number of thioether (sulfide) groups is 1. The van der Waals surface area contributed by atoms with E-state index in [1.165, 1.54) is 25.3 Å². The second-order valence-corrected chi connectivity index (χ2v) is 6.85. The summed E-state index contributed by atoms with van der Waals surface area (Å²) < 4.78 is 36.9. The van der Waals surface area contributed by atoms with Gasteiger partial charge < -0.3 is 10.1 Å². The summed E-state index contributed by atoms with van der Waals surface area (Å²) in [5, 5.41) is 2.45. The Morgan fingerprint density at radius 2 is 2.15 bits per heavy atom. The number of rotatable bonds is 3. The van der Waals surface area contributed by atoms with Gasteiger partial charge >= 0.3 is 0 Å². The van der Waals surface area contributed by atoms with E-state index in [-0.39, 0.29) is 16.6 Å². The number of thiocarbonyl (C=S) groups is 1. The van der Waals surface area contributed by atoms with E-state index in [4.69, 9.17) is 21.5 Å². The molecule has 1 aromatic carbocycles. The van der Waals surface area contributed by atoms with Gasteiger partial charge in [0, 0.05) is 0 Å². The van der Waals surface area contributed by atoms with Crippen molar-refractivity contribution >= 4 is 50.4 Å². The van der Waals surface area contributed by atoms with Gasteiger partial charge in [-0.15, -0.1) is 0 Å². The molecule has 9 heteroatoms. The van der Waals surface area contributed by atoms with Crippen LogP contribution in [-0.2, 0) is 14.9 Å². The largest absolute Gasteiger partial charge is 0.495 e. The van der Waals surface area contributed by atoms with E-state index in [1.807, 2.05) is 0 Å². The Labute approximate surface area is 124 Å². The molecule has 1 fully saturated rings. The maximum absolute atomic E-state index is 11.5. The number of nitrogens with one attached hydrogen (secondary N) is 1. The zero-order chi connectivity index (χ0) is 14.9. The number of methoxy groups -OCH3 is 1. The maximum Gasteiger partial charge on any atom is 0.298 e. The summed E-state index contributed by atoms with van der Waals surface area (Å²) in [6.45, 7) is 0. The van der Waals surface area contributed by atoms with Crippen LogP contribution in [-0.4, -0.2) is 30.3 Å². The molecule has 0 unspecified atom stereocenters. The van der Waals surface area contributed by atoms with Crippen molar-refractivity contribution < 1.29 is 22.5 Å². The van der Waals surface area contributed by atoms with E-state index >= 15 is 0 Å². The minimum absolute atomic E-state index is 0.0219. The fourth-order valence-electron chi connectivity index (χ4n) is 1.56. The Morgan fingerprint density at radius 1 is 1.45 bits per heavy atom. The molecule has 2 N–H and O–H groups in total. The third kappa shape index (κ3) is 3.18. The number of carbonyl (C=O) groups is 1. The molecule has 1 saturated heterocycles. The zero-order valence-electron chi connectivity index (χ0n) is 10.1. The number of ether oxygens (including phenoxy) is 1. The van der Waals surface area contributed by atoms with Crippen LogP contribution in [0.5, 0.6) is 5.75 Å². The van der Waals surface area contributed by atoms with Crippen LogP contribution in [0.25, 0.3) is 6.08 Å². The van der Waals surface area contributed by atoms with Crippen LogP contribution in [0.3, 0.4) is 0 Å². The quantitative estimate of drug-likeness (QED) is 0.492. The monoisotopic (exact) mass is 331 g/mol. The number of hydrogen-bond acceptors (Lipinski definition) is 6. The molecule has 0 saturated carbocycles. The lowest BCUT2D eigenvalue weighted by Gasteiger charge is -2.06. The summed E-state index contributed by atoms with van der Waals surface area (Å²) in [6.07, 6.45) is 1.48. The zero-order valence-corrected chi connectivity index (χ0v) is 12.6. The summed E-state index contributed by atoms with van der Waals surface area (Å²) in [6, 6.07) is 4.18. The molecule has 1 heterocycles. The Bertz CT molecular complexity index is 724. The van der Waals surface area contributed by atoms with Crippen LogP contribution in [0.4, 0.5) is 0 Å². The molecule has 1 aromatic rings. The molecule has 1 aliphatic rings. The number of carbonyl (C=O) groups excluding carboxylic acids is 1. The smallest absolute Gasteiger partial charge is 0.298 e. The molecular weight excluding hydrogens is 322 g/mol. The fourth-order valence-corrected chi connectivity index (χ4v) is 3.29. The second kappa shape index (κ2) is 5.52. The van der Waals surface area contributed by atoms with E-state index < -0.39 is 10.1 Å². The van der Waals surface area contributed by atoms with Crippen molar-refractivity contribution in [1.29, 1.82) is 0 Å². The van der Waals surface area contributed by atoms with Gasteiger partial charge in [0.05, 0.1) is 12.0 Å². The fraction of sp³-hybridized carbons (Fsp3) is 0.0909. The van der Waals surface area contributed by atoms with E-state index in [0.29, 0.717) is 14.8 Å². The lowest BCUT2D eigenvalue weighted by atomic mass is 10.2. The molecule has 0 spiro atoms. The minimum atomic E-state index is -4.41. The highest BCUT2D eigenvalue weighted by Crippen LogP contribution is 2.29. The number of amides is 1. The van der Waals surface area contributed by atoms with Crippen LogP contribution in [0.1, 0.15) is 5.56 Å². The van der Waals surface area contributed by atoms with Crippen LogP contribution >= 0.6 is 24.0 Å². The number of hydrogen-bond donors (Lipinski definition) is 2. The van der Waals surface area contributed by atoms with Gasteiger partial charge in [-0.25, -0.2) is 0 Å². The second-order valence-electron chi connectivity index (χ2n) is 3.74. The van der Waals surface area contributed by atoms with Gasteiger partial charge in [0.15, 0.2) is 0 Å². The van der Waals surface area contributed by atoms with Gasteiger partial charge in [-0.2, -0.15) is 8.42 Å². The van der Waals surface area contributed by atoms with Crippen molar-refractivity contribution in [3.8, 4) is 5.75 Å². The topological polar surface area (TPSA) is 92.7 Å². The molecule has 106 valence electrons. The summed E-state index contributed by atoms with van der Waals surface area (Å²) in [5.41, 5.74) is 0.431. The Kier molecular flexibility index (Phi) is 4.14. The molecule has 1 amide bonds. The van der Waals surface area contributed by atoms with E-state index in [9.17, 15) is 13.2 Å². The van der Waals surface area contributed by atoms with Crippen LogP contribution in [0, 0.1) is 0 Å². The maximum atomic E-state index is 11.5. The molecule has 0 radical (unpaired) electrons. The standard InChI is InChI=1S/C11H9NO5S3/c1-17-7-3-2-6(5-9(7)20(14,15)16)4-8-10(13)12-11(18)19-8/h2-5H,1H3,(H,12,13,18)(H,14,15,16). The molecule has 2 rings (SSSR count). The van der Waals surface area contributed by atoms with Gasteiger partial charge in [-0.05, 0) is 23.8 Å².